The van der Waals surface area contributed by atoms with Crippen LogP contribution in [-0.4, -0.2) is 11.2 Å². The summed E-state index contributed by atoms with van der Waals surface area (Å²) in [6.45, 7) is 0. The van der Waals surface area contributed by atoms with Crippen molar-refractivity contribution in [1.82, 2.24) is 0 Å². The maximum Gasteiger partial charge on any atom is 0.153 e. The molecule has 1 aromatic carbocycles. The molecular weight excluding hydrogens is 224 g/mol. The highest BCUT2D eigenvalue weighted by Crippen LogP contribution is 2.34. The number of benzene rings is 1. The van der Waals surface area contributed by atoms with E-state index in [2.05, 4.69) is 0 Å². The van der Waals surface area contributed by atoms with Crippen LogP contribution in [0, 0.1) is 0 Å². The van der Waals surface area contributed by atoms with Crippen LogP contribution in [-0.2, 0) is 0 Å². The lowest BCUT2D eigenvalue weighted by Gasteiger charge is -1.94. The van der Waals surface area contributed by atoms with Gasteiger partial charge in [0.1, 0.15) is 5.76 Å². The molecule has 0 saturated heterocycles. The van der Waals surface area contributed by atoms with Crippen molar-refractivity contribution in [2.24, 2.45) is 0 Å². The van der Waals surface area contributed by atoms with E-state index < -0.39 is 0 Å². The van der Waals surface area contributed by atoms with Gasteiger partial charge < -0.3 is 9.52 Å². The highest BCUT2D eigenvalue weighted by atomic mass is 35.5. The standard InChI is InChI=1S/C13H11ClO2/c14-11-3-1-2-9-7-12(16-13(9)11)8-4-5-10(15)6-8/h1-3,6-7,10,15H,4-5H2. The Labute approximate surface area is 98.1 Å². The number of halogens is 1. The van der Waals surface area contributed by atoms with Gasteiger partial charge in [0, 0.05) is 5.39 Å². The molecule has 1 aromatic heterocycles. The summed E-state index contributed by atoms with van der Waals surface area (Å²) >= 11 is 6.04. The summed E-state index contributed by atoms with van der Waals surface area (Å²) in [7, 11) is 0. The minimum atomic E-state index is -0.335. The normalized spacial score (nSPS) is 20.4. The van der Waals surface area contributed by atoms with Gasteiger partial charge in [-0.1, -0.05) is 23.7 Å². The lowest BCUT2D eigenvalue weighted by Crippen LogP contribution is -1.93. The Bertz CT molecular complexity index is 568. The maximum absolute atomic E-state index is 9.45. The summed E-state index contributed by atoms with van der Waals surface area (Å²) in [6.07, 6.45) is 3.16. The highest BCUT2D eigenvalue weighted by molar-refractivity contribution is 6.34. The molecule has 0 aliphatic heterocycles. The quantitative estimate of drug-likeness (QED) is 0.818. The molecule has 2 nitrogen and oxygen atoms in total. The molecule has 0 saturated carbocycles. The SMILES string of the molecule is OC1C=C(c2cc3cccc(Cl)c3o2)CC1. The van der Waals surface area contributed by atoms with E-state index in [0.29, 0.717) is 5.02 Å². The molecule has 0 fully saturated rings. The summed E-state index contributed by atoms with van der Waals surface area (Å²) in [6, 6.07) is 7.67. The average Bonchev–Trinajstić information content (AvgIpc) is 2.84. The minimum absolute atomic E-state index is 0.335. The molecule has 3 rings (SSSR count). The number of hydrogen-bond donors (Lipinski definition) is 1. The molecular formula is C13H11ClO2. The average molecular weight is 235 g/mol. The number of allylic oxidation sites excluding steroid dienone is 1. The first kappa shape index (κ1) is 9.94. The summed E-state index contributed by atoms with van der Waals surface area (Å²) in [5.74, 6) is 0.819. The second kappa shape index (κ2) is 3.65. The van der Waals surface area contributed by atoms with Crippen molar-refractivity contribution in [1.29, 1.82) is 0 Å². The second-order valence-corrected chi connectivity index (χ2v) is 4.47. The molecule has 0 bridgehead atoms. The molecule has 1 unspecified atom stereocenters. The summed E-state index contributed by atoms with van der Waals surface area (Å²) in [5.41, 5.74) is 1.79. The Morgan fingerprint density at radius 1 is 1.38 bits per heavy atom. The fourth-order valence-corrected chi connectivity index (χ4v) is 2.31. The number of aliphatic hydroxyl groups is 1. The number of aliphatic hydroxyl groups excluding tert-OH is 1. The molecule has 0 amide bonds. The van der Waals surface area contributed by atoms with E-state index >= 15 is 0 Å². The molecule has 16 heavy (non-hydrogen) atoms. The summed E-state index contributed by atoms with van der Waals surface area (Å²) < 4.78 is 5.72. The number of fused-ring (bicyclic) bond motifs is 1. The van der Waals surface area contributed by atoms with Crippen LogP contribution in [0.2, 0.25) is 5.02 Å². The van der Waals surface area contributed by atoms with Gasteiger partial charge in [-0.05, 0) is 36.6 Å². The van der Waals surface area contributed by atoms with Crippen LogP contribution >= 0.6 is 11.6 Å². The molecule has 0 spiro atoms. The van der Waals surface area contributed by atoms with Crippen molar-refractivity contribution in [3.63, 3.8) is 0 Å². The fourth-order valence-electron chi connectivity index (χ4n) is 2.09. The van der Waals surface area contributed by atoms with Crippen LogP contribution in [0.15, 0.2) is 34.8 Å². The lowest BCUT2D eigenvalue weighted by atomic mass is 10.1. The van der Waals surface area contributed by atoms with Gasteiger partial charge in [0.15, 0.2) is 5.58 Å². The second-order valence-electron chi connectivity index (χ2n) is 4.07. The molecule has 1 aliphatic rings. The van der Waals surface area contributed by atoms with Crippen LogP contribution in [0.25, 0.3) is 16.5 Å². The van der Waals surface area contributed by atoms with Crippen LogP contribution in [0.1, 0.15) is 18.6 Å². The van der Waals surface area contributed by atoms with Gasteiger partial charge in [0.2, 0.25) is 0 Å². The third-order valence-electron chi connectivity index (χ3n) is 2.92. The number of rotatable bonds is 1. The van der Waals surface area contributed by atoms with Crippen molar-refractivity contribution in [2.75, 3.05) is 0 Å². The molecule has 3 heteroatoms. The maximum atomic E-state index is 9.45. The van der Waals surface area contributed by atoms with Crippen LogP contribution < -0.4 is 0 Å². The zero-order valence-electron chi connectivity index (χ0n) is 8.61. The van der Waals surface area contributed by atoms with Gasteiger partial charge in [0.05, 0.1) is 11.1 Å². The van der Waals surface area contributed by atoms with Crippen LogP contribution in [0.4, 0.5) is 0 Å². The fraction of sp³-hybridized carbons (Fsp3) is 0.231. The molecule has 1 N–H and O–H groups in total. The zero-order chi connectivity index (χ0) is 11.1. The molecule has 2 aromatic rings. The third kappa shape index (κ3) is 1.55. The van der Waals surface area contributed by atoms with Crippen molar-refractivity contribution >= 4 is 28.1 Å². The Morgan fingerprint density at radius 2 is 2.25 bits per heavy atom. The first-order valence-electron chi connectivity index (χ1n) is 5.31. The Hall–Kier alpha value is -1.25. The van der Waals surface area contributed by atoms with Gasteiger partial charge in [-0.15, -0.1) is 0 Å². The zero-order valence-corrected chi connectivity index (χ0v) is 9.37. The van der Waals surface area contributed by atoms with E-state index in [4.69, 9.17) is 16.0 Å². The van der Waals surface area contributed by atoms with Gasteiger partial charge in [-0.2, -0.15) is 0 Å². The molecule has 82 valence electrons. The van der Waals surface area contributed by atoms with Crippen molar-refractivity contribution in [3.8, 4) is 0 Å². The van der Waals surface area contributed by atoms with E-state index in [-0.39, 0.29) is 6.10 Å². The van der Waals surface area contributed by atoms with Gasteiger partial charge in [-0.3, -0.25) is 0 Å². The predicted octanol–water partition coefficient (Wildman–Crippen LogP) is 3.62. The van der Waals surface area contributed by atoms with Gasteiger partial charge >= 0.3 is 0 Å². The third-order valence-corrected chi connectivity index (χ3v) is 3.21. The minimum Gasteiger partial charge on any atom is -0.455 e. The molecule has 1 aliphatic carbocycles. The monoisotopic (exact) mass is 234 g/mol. The van der Waals surface area contributed by atoms with E-state index in [0.717, 1.165) is 35.1 Å². The largest absolute Gasteiger partial charge is 0.455 e. The Kier molecular flexibility index (Phi) is 2.27. The Balaban J connectivity index is 2.12. The van der Waals surface area contributed by atoms with E-state index in [9.17, 15) is 5.11 Å². The smallest absolute Gasteiger partial charge is 0.153 e. The summed E-state index contributed by atoms with van der Waals surface area (Å²) in [4.78, 5) is 0. The molecule has 1 heterocycles. The van der Waals surface area contributed by atoms with Gasteiger partial charge in [0.25, 0.3) is 0 Å². The van der Waals surface area contributed by atoms with E-state index in [1.807, 2.05) is 30.3 Å². The number of furan rings is 1. The topological polar surface area (TPSA) is 33.4 Å². The van der Waals surface area contributed by atoms with Crippen molar-refractivity contribution in [3.05, 3.63) is 41.1 Å². The van der Waals surface area contributed by atoms with Crippen LogP contribution in [0.5, 0.6) is 0 Å². The molecule has 1 atom stereocenters. The van der Waals surface area contributed by atoms with Crippen molar-refractivity contribution in [2.45, 2.75) is 18.9 Å². The Morgan fingerprint density at radius 3 is 2.94 bits per heavy atom. The van der Waals surface area contributed by atoms with Crippen molar-refractivity contribution < 1.29 is 9.52 Å². The molecule has 0 radical (unpaired) electrons. The summed E-state index contributed by atoms with van der Waals surface area (Å²) in [5, 5.41) is 11.1. The predicted molar refractivity (Wildman–Crippen MR) is 64.4 cm³/mol. The van der Waals surface area contributed by atoms with Crippen LogP contribution in [0.3, 0.4) is 0 Å². The first-order chi connectivity index (χ1) is 7.74. The number of hydrogen-bond acceptors (Lipinski definition) is 2. The van der Waals surface area contributed by atoms with E-state index in [1.54, 1.807) is 0 Å². The van der Waals surface area contributed by atoms with Gasteiger partial charge in [-0.25, -0.2) is 0 Å². The first-order valence-corrected chi connectivity index (χ1v) is 5.69. The number of para-hydroxylation sites is 1. The highest BCUT2D eigenvalue weighted by Gasteiger charge is 2.18. The lowest BCUT2D eigenvalue weighted by molar-refractivity contribution is 0.223. The van der Waals surface area contributed by atoms with E-state index in [1.165, 1.54) is 0 Å².